The van der Waals surface area contributed by atoms with Crippen LogP contribution in [0.5, 0.6) is 0 Å². The van der Waals surface area contributed by atoms with E-state index in [2.05, 4.69) is 67.1 Å². The van der Waals surface area contributed by atoms with Gasteiger partial charge in [0.05, 0.1) is 6.10 Å². The maximum absolute atomic E-state index is 6.16. The van der Waals surface area contributed by atoms with Crippen LogP contribution in [0.4, 0.5) is 0 Å². The van der Waals surface area contributed by atoms with E-state index in [9.17, 15) is 0 Å². The average molecular weight is 356 g/mol. The van der Waals surface area contributed by atoms with Gasteiger partial charge in [0.15, 0.2) is 0 Å². The second-order valence-corrected chi connectivity index (χ2v) is 7.43. The smallest absolute Gasteiger partial charge is 0.0960 e. The molecule has 0 saturated carbocycles. The molecule has 120 valence electrons. The molecule has 2 nitrogen and oxygen atoms in total. The van der Waals surface area contributed by atoms with Crippen LogP contribution in [0.1, 0.15) is 65.0 Å². The molecule has 3 heteroatoms. The van der Waals surface area contributed by atoms with Gasteiger partial charge in [-0.15, -0.1) is 0 Å². The molecule has 1 N–H and O–H groups in total. The molecular formula is C18H30BrNO. The summed E-state index contributed by atoms with van der Waals surface area (Å²) in [5, 5.41) is 3.55. The lowest BCUT2D eigenvalue weighted by molar-refractivity contribution is 0.0452. The monoisotopic (exact) mass is 355 g/mol. The van der Waals surface area contributed by atoms with Gasteiger partial charge in [-0.05, 0) is 38.8 Å². The Balaban J connectivity index is 2.60. The van der Waals surface area contributed by atoms with Crippen LogP contribution in [0.2, 0.25) is 0 Å². The van der Waals surface area contributed by atoms with Crippen LogP contribution in [-0.4, -0.2) is 18.7 Å². The minimum atomic E-state index is 0.0985. The van der Waals surface area contributed by atoms with Crippen molar-refractivity contribution in [2.24, 2.45) is 0 Å². The number of hydrogen-bond donors (Lipinski definition) is 1. The molecule has 0 saturated heterocycles. The van der Waals surface area contributed by atoms with E-state index in [0.717, 1.165) is 24.0 Å². The van der Waals surface area contributed by atoms with Crippen LogP contribution in [0, 0.1) is 0 Å². The van der Waals surface area contributed by atoms with Crippen molar-refractivity contribution in [2.75, 3.05) is 13.2 Å². The van der Waals surface area contributed by atoms with Gasteiger partial charge in [0, 0.05) is 23.2 Å². The first-order chi connectivity index (χ1) is 9.94. The third kappa shape index (κ3) is 7.98. The molecule has 0 aliphatic rings. The highest BCUT2D eigenvalue weighted by atomic mass is 79.9. The van der Waals surface area contributed by atoms with Crippen molar-refractivity contribution >= 4 is 15.9 Å². The Kier molecular flexibility index (Phi) is 8.53. The van der Waals surface area contributed by atoms with E-state index in [1.165, 1.54) is 24.8 Å². The predicted molar refractivity (Wildman–Crippen MR) is 94.7 cm³/mol. The van der Waals surface area contributed by atoms with Crippen molar-refractivity contribution in [2.45, 2.75) is 65.0 Å². The van der Waals surface area contributed by atoms with Crippen molar-refractivity contribution < 1.29 is 4.74 Å². The van der Waals surface area contributed by atoms with Crippen LogP contribution < -0.4 is 5.32 Å². The number of rotatable bonds is 9. The zero-order chi connectivity index (χ0) is 15.7. The Morgan fingerprint density at radius 3 is 2.48 bits per heavy atom. The van der Waals surface area contributed by atoms with Gasteiger partial charge in [0.1, 0.15) is 0 Å². The van der Waals surface area contributed by atoms with Crippen molar-refractivity contribution in [3.8, 4) is 0 Å². The average Bonchev–Trinajstić information content (AvgIpc) is 2.42. The molecule has 0 bridgehead atoms. The first-order valence-corrected chi connectivity index (χ1v) is 8.84. The van der Waals surface area contributed by atoms with Crippen molar-refractivity contribution in [3.05, 3.63) is 34.3 Å². The van der Waals surface area contributed by atoms with Crippen molar-refractivity contribution in [1.29, 1.82) is 0 Å². The van der Waals surface area contributed by atoms with Gasteiger partial charge in [-0.25, -0.2) is 0 Å². The Hall–Kier alpha value is -0.380. The van der Waals surface area contributed by atoms with Crippen molar-refractivity contribution in [3.63, 3.8) is 0 Å². The maximum atomic E-state index is 6.16. The standard InChI is InChI=1S/C18H30BrNO/c1-5-6-7-10-13-21-17(14-20-18(2,3)4)15-11-8-9-12-16(15)19/h8-9,11-12,17,20H,5-7,10,13-14H2,1-4H3. The van der Waals surface area contributed by atoms with E-state index in [-0.39, 0.29) is 11.6 Å². The SMILES string of the molecule is CCCCCCOC(CNC(C)(C)C)c1ccccc1Br. The fourth-order valence-electron chi connectivity index (χ4n) is 2.15. The lowest BCUT2D eigenvalue weighted by Gasteiger charge is -2.26. The highest BCUT2D eigenvalue weighted by molar-refractivity contribution is 9.10. The van der Waals surface area contributed by atoms with E-state index in [1.54, 1.807) is 0 Å². The summed E-state index contributed by atoms with van der Waals surface area (Å²) in [6.45, 7) is 10.5. The molecule has 0 amide bonds. The molecule has 0 aliphatic carbocycles. The maximum Gasteiger partial charge on any atom is 0.0960 e. The molecule has 1 atom stereocenters. The van der Waals surface area contributed by atoms with Gasteiger partial charge in [-0.1, -0.05) is 60.3 Å². The third-order valence-electron chi connectivity index (χ3n) is 3.39. The van der Waals surface area contributed by atoms with Gasteiger partial charge >= 0.3 is 0 Å². The molecular weight excluding hydrogens is 326 g/mol. The minimum absolute atomic E-state index is 0.0985. The number of hydrogen-bond acceptors (Lipinski definition) is 2. The third-order valence-corrected chi connectivity index (χ3v) is 4.11. The van der Waals surface area contributed by atoms with E-state index in [1.807, 2.05) is 6.07 Å². The Bertz CT molecular complexity index is 400. The predicted octanol–water partition coefficient (Wildman–Crippen LogP) is 5.48. The van der Waals surface area contributed by atoms with E-state index >= 15 is 0 Å². The summed E-state index contributed by atoms with van der Waals surface area (Å²) in [5.41, 5.74) is 1.33. The molecule has 0 heterocycles. The molecule has 0 fully saturated rings. The molecule has 21 heavy (non-hydrogen) atoms. The van der Waals surface area contributed by atoms with E-state index in [0.29, 0.717) is 0 Å². The van der Waals surface area contributed by atoms with Crippen molar-refractivity contribution in [1.82, 2.24) is 5.32 Å². The summed E-state index contributed by atoms with van der Waals surface area (Å²) in [4.78, 5) is 0. The highest BCUT2D eigenvalue weighted by Gasteiger charge is 2.18. The van der Waals surface area contributed by atoms with Crippen LogP contribution in [-0.2, 0) is 4.74 Å². The number of halogens is 1. The van der Waals surface area contributed by atoms with Gasteiger partial charge in [-0.2, -0.15) is 0 Å². The van der Waals surface area contributed by atoms with E-state index < -0.39 is 0 Å². The Morgan fingerprint density at radius 1 is 1.14 bits per heavy atom. The molecule has 1 aromatic carbocycles. The largest absolute Gasteiger partial charge is 0.372 e. The molecule has 1 unspecified atom stereocenters. The Morgan fingerprint density at radius 2 is 1.86 bits per heavy atom. The highest BCUT2D eigenvalue weighted by Crippen LogP contribution is 2.26. The van der Waals surface area contributed by atoms with Crippen LogP contribution >= 0.6 is 15.9 Å². The van der Waals surface area contributed by atoms with Gasteiger partial charge in [-0.3, -0.25) is 0 Å². The first-order valence-electron chi connectivity index (χ1n) is 8.05. The zero-order valence-electron chi connectivity index (χ0n) is 13.9. The molecule has 0 radical (unpaired) electrons. The number of unbranched alkanes of at least 4 members (excludes halogenated alkanes) is 3. The lowest BCUT2D eigenvalue weighted by Crippen LogP contribution is -2.39. The normalized spacial score (nSPS) is 13.4. The van der Waals surface area contributed by atoms with Crippen LogP contribution in [0.25, 0.3) is 0 Å². The molecule has 0 aromatic heterocycles. The van der Waals surface area contributed by atoms with Gasteiger partial charge in [0.2, 0.25) is 0 Å². The first kappa shape index (κ1) is 18.7. The number of ether oxygens (including phenoxy) is 1. The Labute approximate surface area is 138 Å². The fraction of sp³-hybridized carbons (Fsp3) is 0.667. The summed E-state index contributed by atoms with van der Waals surface area (Å²) in [6, 6.07) is 8.35. The quantitative estimate of drug-likeness (QED) is 0.592. The topological polar surface area (TPSA) is 21.3 Å². The second kappa shape index (κ2) is 9.60. The summed E-state index contributed by atoms with van der Waals surface area (Å²) in [7, 11) is 0. The summed E-state index contributed by atoms with van der Waals surface area (Å²) in [6.07, 6.45) is 5.06. The molecule has 0 aliphatic heterocycles. The summed E-state index contributed by atoms with van der Waals surface area (Å²) >= 11 is 3.64. The summed E-state index contributed by atoms with van der Waals surface area (Å²) in [5.74, 6) is 0. The minimum Gasteiger partial charge on any atom is -0.372 e. The van der Waals surface area contributed by atoms with E-state index in [4.69, 9.17) is 4.74 Å². The second-order valence-electron chi connectivity index (χ2n) is 6.57. The molecule has 1 rings (SSSR count). The van der Waals surface area contributed by atoms with Crippen LogP contribution in [0.3, 0.4) is 0 Å². The van der Waals surface area contributed by atoms with Crippen LogP contribution in [0.15, 0.2) is 28.7 Å². The molecule has 1 aromatic rings. The van der Waals surface area contributed by atoms with Gasteiger partial charge < -0.3 is 10.1 Å². The fourth-order valence-corrected chi connectivity index (χ4v) is 2.69. The number of nitrogens with one attached hydrogen (secondary N) is 1. The zero-order valence-corrected chi connectivity index (χ0v) is 15.5. The molecule has 0 spiro atoms. The van der Waals surface area contributed by atoms with Gasteiger partial charge in [0.25, 0.3) is 0 Å². The summed E-state index contributed by atoms with van der Waals surface area (Å²) < 4.78 is 7.28. The number of benzene rings is 1. The lowest BCUT2D eigenvalue weighted by atomic mass is 10.1.